The topological polar surface area (TPSA) is 157 Å². The van der Waals surface area contributed by atoms with Crippen molar-refractivity contribution in [1.29, 1.82) is 0 Å². The molecule has 0 unspecified atom stereocenters. The first-order valence-corrected chi connectivity index (χ1v) is 14.0. The molecule has 194 valence electrons. The van der Waals surface area contributed by atoms with Gasteiger partial charge in [0.25, 0.3) is 0 Å². The van der Waals surface area contributed by atoms with E-state index in [1.807, 2.05) is 18.4 Å². The van der Waals surface area contributed by atoms with Gasteiger partial charge in [0.2, 0.25) is 21.9 Å². The highest BCUT2D eigenvalue weighted by Crippen LogP contribution is 2.29. The lowest BCUT2D eigenvalue weighted by Crippen LogP contribution is -2.40. The molecule has 11 nitrogen and oxygen atoms in total. The Bertz CT molecular complexity index is 1310. The number of rotatable bonds is 11. The van der Waals surface area contributed by atoms with Crippen LogP contribution < -0.4 is 21.1 Å². The Balaban J connectivity index is 1.60. The predicted octanol–water partition coefficient (Wildman–Crippen LogP) is 3.12. The van der Waals surface area contributed by atoms with E-state index in [0.717, 1.165) is 38.5 Å². The van der Waals surface area contributed by atoms with Gasteiger partial charge in [0.05, 0.1) is 17.1 Å². The molecule has 5 N–H and O–H groups in total. The van der Waals surface area contributed by atoms with E-state index in [1.165, 1.54) is 0 Å². The van der Waals surface area contributed by atoms with Crippen molar-refractivity contribution in [3.05, 3.63) is 30.6 Å². The summed E-state index contributed by atoms with van der Waals surface area (Å²) in [4.78, 5) is 26.0. The summed E-state index contributed by atoms with van der Waals surface area (Å²) in [6, 6.07) is 6.35. The Morgan fingerprint density at radius 3 is 2.58 bits per heavy atom. The number of benzene rings is 1. The Labute approximate surface area is 211 Å². The SMILES string of the molecule is CCCCNS(=O)(=O)c1ccc(Nc2nc(N[C@H]3CCCC[C@H]3C(N)=O)nc3c2ncn3CC)cc1. The van der Waals surface area contributed by atoms with Gasteiger partial charge in [-0.25, -0.2) is 18.1 Å². The molecule has 1 saturated carbocycles. The van der Waals surface area contributed by atoms with E-state index in [9.17, 15) is 13.2 Å². The molecule has 0 radical (unpaired) electrons. The van der Waals surface area contributed by atoms with Crippen LogP contribution in [-0.4, -0.2) is 46.4 Å². The van der Waals surface area contributed by atoms with Gasteiger partial charge in [0, 0.05) is 24.8 Å². The molecule has 1 amide bonds. The van der Waals surface area contributed by atoms with Gasteiger partial charge in [-0.1, -0.05) is 26.2 Å². The number of hydrogen-bond acceptors (Lipinski definition) is 8. The van der Waals surface area contributed by atoms with E-state index in [1.54, 1.807) is 30.6 Å². The summed E-state index contributed by atoms with van der Waals surface area (Å²) in [7, 11) is -3.56. The number of aryl methyl sites for hydroxylation is 1. The highest BCUT2D eigenvalue weighted by molar-refractivity contribution is 7.89. The zero-order chi connectivity index (χ0) is 25.7. The Kier molecular flexibility index (Phi) is 8.04. The zero-order valence-electron chi connectivity index (χ0n) is 20.7. The van der Waals surface area contributed by atoms with Crippen LogP contribution in [0.5, 0.6) is 0 Å². The lowest BCUT2D eigenvalue weighted by Gasteiger charge is -2.30. The maximum atomic E-state index is 12.5. The van der Waals surface area contributed by atoms with Crippen LogP contribution in [0.3, 0.4) is 0 Å². The maximum Gasteiger partial charge on any atom is 0.240 e. The van der Waals surface area contributed by atoms with Crippen LogP contribution in [0.2, 0.25) is 0 Å². The summed E-state index contributed by atoms with van der Waals surface area (Å²) < 4.78 is 29.5. The molecule has 1 fully saturated rings. The smallest absolute Gasteiger partial charge is 0.240 e. The van der Waals surface area contributed by atoms with Crippen molar-refractivity contribution >= 4 is 44.5 Å². The Morgan fingerprint density at radius 2 is 1.89 bits per heavy atom. The molecule has 0 aliphatic heterocycles. The first-order chi connectivity index (χ1) is 17.3. The molecule has 0 saturated heterocycles. The molecule has 2 heterocycles. The number of anilines is 3. The molecule has 0 bridgehead atoms. The largest absolute Gasteiger partial charge is 0.369 e. The number of nitrogens with one attached hydrogen (secondary N) is 3. The third-order valence-corrected chi connectivity index (χ3v) is 7.98. The highest BCUT2D eigenvalue weighted by atomic mass is 32.2. The molecule has 4 rings (SSSR count). The second-order valence-electron chi connectivity index (χ2n) is 9.04. The summed E-state index contributed by atoms with van der Waals surface area (Å²) in [5.74, 6) is 0.283. The molecule has 1 aromatic carbocycles. The van der Waals surface area contributed by atoms with E-state index >= 15 is 0 Å². The number of hydrogen-bond donors (Lipinski definition) is 4. The van der Waals surface area contributed by atoms with Gasteiger partial charge in [-0.3, -0.25) is 4.79 Å². The van der Waals surface area contributed by atoms with Gasteiger partial charge >= 0.3 is 0 Å². The van der Waals surface area contributed by atoms with Gasteiger partial charge in [-0.05, 0) is 50.5 Å². The zero-order valence-corrected chi connectivity index (χ0v) is 21.5. The molecule has 36 heavy (non-hydrogen) atoms. The van der Waals surface area contributed by atoms with E-state index in [2.05, 4.69) is 30.3 Å². The minimum absolute atomic E-state index is 0.135. The van der Waals surface area contributed by atoms with Gasteiger partial charge in [-0.15, -0.1) is 0 Å². The van der Waals surface area contributed by atoms with Crippen molar-refractivity contribution in [2.24, 2.45) is 11.7 Å². The summed E-state index contributed by atoms with van der Waals surface area (Å²) in [5.41, 5.74) is 7.55. The third kappa shape index (κ3) is 5.76. The molecular formula is C24H34N8O3S. The van der Waals surface area contributed by atoms with E-state index in [-0.39, 0.29) is 22.8 Å². The predicted molar refractivity (Wildman–Crippen MR) is 139 cm³/mol. The molecule has 2 atom stereocenters. The molecular weight excluding hydrogens is 480 g/mol. The molecule has 12 heteroatoms. The minimum Gasteiger partial charge on any atom is -0.369 e. The van der Waals surface area contributed by atoms with Crippen LogP contribution in [0, 0.1) is 5.92 Å². The fraction of sp³-hybridized carbons (Fsp3) is 0.500. The number of amides is 1. The second-order valence-corrected chi connectivity index (χ2v) is 10.8. The van der Waals surface area contributed by atoms with Crippen molar-refractivity contribution in [2.75, 3.05) is 17.2 Å². The van der Waals surface area contributed by atoms with Crippen LogP contribution in [0.15, 0.2) is 35.5 Å². The van der Waals surface area contributed by atoms with Gasteiger partial charge in [0.1, 0.15) is 0 Å². The van der Waals surface area contributed by atoms with Crippen LogP contribution in [0.4, 0.5) is 17.5 Å². The molecule has 3 aromatic rings. The van der Waals surface area contributed by atoms with Crippen molar-refractivity contribution in [3.8, 4) is 0 Å². The number of carbonyl (C=O) groups excluding carboxylic acids is 1. The number of aromatic nitrogens is 4. The summed E-state index contributed by atoms with van der Waals surface area (Å²) in [6.07, 6.45) is 6.94. The van der Waals surface area contributed by atoms with Crippen LogP contribution in [0.25, 0.3) is 11.2 Å². The number of sulfonamides is 1. The van der Waals surface area contributed by atoms with Crippen LogP contribution in [0.1, 0.15) is 52.4 Å². The van der Waals surface area contributed by atoms with Crippen molar-refractivity contribution in [1.82, 2.24) is 24.2 Å². The number of nitrogens with zero attached hydrogens (tertiary/aromatic N) is 4. The standard InChI is InChI=1S/C24H34N8O3S/c1-3-5-14-27-36(34,35)17-12-10-16(11-13-17)28-22-20-23(32(4-2)15-26-20)31-24(30-22)29-19-9-7-6-8-18(19)21(25)33/h10-13,15,18-19,27H,3-9,14H2,1-2H3,(H2,25,33)(H2,28,29,30,31)/t18-,19+/m1/s1. The second kappa shape index (κ2) is 11.2. The average Bonchev–Trinajstić information content (AvgIpc) is 3.28. The molecule has 2 aromatic heterocycles. The number of unbranched alkanes of at least 4 members (excludes halogenated alkanes) is 1. The fourth-order valence-electron chi connectivity index (χ4n) is 4.46. The lowest BCUT2D eigenvalue weighted by molar-refractivity contribution is -0.122. The van der Waals surface area contributed by atoms with Crippen LogP contribution >= 0.6 is 0 Å². The fourth-order valence-corrected chi connectivity index (χ4v) is 5.53. The number of carbonyl (C=O) groups is 1. The summed E-state index contributed by atoms with van der Waals surface area (Å²) >= 11 is 0. The van der Waals surface area contributed by atoms with Crippen LogP contribution in [-0.2, 0) is 21.4 Å². The lowest BCUT2D eigenvalue weighted by atomic mass is 9.84. The maximum absolute atomic E-state index is 12.5. The van der Waals surface area contributed by atoms with Crippen molar-refractivity contribution in [2.45, 2.75) is 69.9 Å². The number of fused-ring (bicyclic) bond motifs is 1. The van der Waals surface area contributed by atoms with E-state index in [4.69, 9.17) is 5.73 Å². The molecule has 0 spiro atoms. The number of nitrogens with two attached hydrogens (primary N) is 1. The van der Waals surface area contributed by atoms with Gasteiger partial charge in [-0.2, -0.15) is 9.97 Å². The average molecular weight is 515 g/mol. The van der Waals surface area contributed by atoms with Crippen molar-refractivity contribution < 1.29 is 13.2 Å². The van der Waals surface area contributed by atoms with E-state index in [0.29, 0.717) is 41.7 Å². The number of primary amides is 1. The normalized spacial score (nSPS) is 18.3. The number of imidazole rings is 1. The van der Waals surface area contributed by atoms with Gasteiger partial charge in [0.15, 0.2) is 17.0 Å². The van der Waals surface area contributed by atoms with Gasteiger partial charge < -0.3 is 20.9 Å². The molecule has 1 aliphatic rings. The first-order valence-electron chi connectivity index (χ1n) is 12.5. The quantitative estimate of drug-likeness (QED) is 0.284. The first kappa shape index (κ1) is 25.8. The van der Waals surface area contributed by atoms with E-state index < -0.39 is 10.0 Å². The third-order valence-electron chi connectivity index (χ3n) is 6.50. The Morgan fingerprint density at radius 1 is 1.14 bits per heavy atom. The summed E-state index contributed by atoms with van der Waals surface area (Å²) in [5, 5.41) is 6.59. The monoisotopic (exact) mass is 514 g/mol. The minimum atomic E-state index is -3.56. The van der Waals surface area contributed by atoms with Crippen molar-refractivity contribution in [3.63, 3.8) is 0 Å². The molecule has 1 aliphatic carbocycles. The summed E-state index contributed by atoms with van der Waals surface area (Å²) in [6.45, 7) is 5.10. The Hall–Kier alpha value is -3.25. The highest BCUT2D eigenvalue weighted by Gasteiger charge is 2.30.